The van der Waals surface area contributed by atoms with Crippen LogP contribution in [0.1, 0.15) is 0 Å². The summed E-state index contributed by atoms with van der Waals surface area (Å²) in [5.41, 5.74) is 11.2. The lowest BCUT2D eigenvalue weighted by atomic mass is 10.00. The molecular formula is C50H30N2O. The van der Waals surface area contributed by atoms with Gasteiger partial charge in [0.1, 0.15) is 11.2 Å². The number of hydrogen-bond acceptors (Lipinski definition) is 1. The Morgan fingerprint density at radius 2 is 0.925 bits per heavy atom. The summed E-state index contributed by atoms with van der Waals surface area (Å²) in [4.78, 5) is 0. The second kappa shape index (κ2) is 10.7. The van der Waals surface area contributed by atoms with E-state index in [1.165, 1.54) is 76.5 Å². The van der Waals surface area contributed by atoms with Crippen LogP contribution < -0.4 is 0 Å². The highest BCUT2D eigenvalue weighted by Crippen LogP contribution is 2.41. The van der Waals surface area contributed by atoms with Gasteiger partial charge in [-0.2, -0.15) is 0 Å². The van der Waals surface area contributed by atoms with E-state index in [1.54, 1.807) is 0 Å². The molecule has 0 aliphatic carbocycles. The summed E-state index contributed by atoms with van der Waals surface area (Å²) < 4.78 is 11.3. The fourth-order valence-electron chi connectivity index (χ4n) is 8.83. The van der Waals surface area contributed by atoms with Crippen molar-refractivity contribution in [1.29, 1.82) is 0 Å². The zero-order valence-electron chi connectivity index (χ0n) is 28.6. The highest BCUT2D eigenvalue weighted by atomic mass is 16.3. The summed E-state index contributed by atoms with van der Waals surface area (Å²) in [7, 11) is 0. The van der Waals surface area contributed by atoms with Gasteiger partial charge in [-0.25, -0.2) is 0 Å². The molecule has 0 spiro atoms. The number of hydrogen-bond donors (Lipinski definition) is 0. The Kier molecular flexibility index (Phi) is 5.77. The summed E-state index contributed by atoms with van der Waals surface area (Å²) in [6.07, 6.45) is 0. The van der Waals surface area contributed by atoms with Crippen LogP contribution in [0.15, 0.2) is 186 Å². The molecule has 0 saturated heterocycles. The Hall–Kier alpha value is -7.10. The van der Waals surface area contributed by atoms with Crippen molar-refractivity contribution in [1.82, 2.24) is 9.13 Å². The van der Waals surface area contributed by atoms with E-state index in [1.807, 2.05) is 6.07 Å². The van der Waals surface area contributed by atoms with Gasteiger partial charge in [0.2, 0.25) is 0 Å². The van der Waals surface area contributed by atoms with Crippen LogP contribution in [-0.2, 0) is 0 Å². The summed E-state index contributed by atoms with van der Waals surface area (Å²) >= 11 is 0. The number of furan rings is 1. The number of nitrogens with zero attached hydrogens (tertiary/aromatic N) is 2. The molecule has 9 aromatic carbocycles. The highest BCUT2D eigenvalue weighted by molar-refractivity contribution is 6.18. The zero-order valence-corrected chi connectivity index (χ0v) is 28.6. The molecule has 0 amide bonds. The Morgan fingerprint density at radius 1 is 0.302 bits per heavy atom. The lowest BCUT2D eigenvalue weighted by Gasteiger charge is -2.12. The van der Waals surface area contributed by atoms with Crippen molar-refractivity contribution < 1.29 is 4.42 Å². The number of rotatable bonds is 3. The molecule has 3 aromatic heterocycles. The second-order valence-corrected chi connectivity index (χ2v) is 14.1. The number of para-hydroxylation sites is 2. The first kappa shape index (κ1) is 28.6. The van der Waals surface area contributed by atoms with Gasteiger partial charge in [-0.1, -0.05) is 115 Å². The van der Waals surface area contributed by atoms with E-state index >= 15 is 0 Å². The zero-order chi connectivity index (χ0) is 34.6. The van der Waals surface area contributed by atoms with Crippen LogP contribution in [0.4, 0.5) is 0 Å². The van der Waals surface area contributed by atoms with Gasteiger partial charge in [0.25, 0.3) is 0 Å². The fourth-order valence-corrected chi connectivity index (χ4v) is 8.83. The van der Waals surface area contributed by atoms with Crippen LogP contribution in [0.25, 0.3) is 110 Å². The highest BCUT2D eigenvalue weighted by Gasteiger charge is 2.19. The third-order valence-electron chi connectivity index (χ3n) is 11.3. The maximum atomic E-state index is 6.43. The van der Waals surface area contributed by atoms with E-state index in [0.29, 0.717) is 0 Å². The molecule has 0 N–H and O–H groups in total. The third-order valence-corrected chi connectivity index (χ3v) is 11.3. The van der Waals surface area contributed by atoms with Crippen molar-refractivity contribution in [3.63, 3.8) is 0 Å². The average molecular weight is 675 g/mol. The fraction of sp³-hybridized carbons (Fsp3) is 0. The molecule has 0 aliphatic heterocycles. The quantitative estimate of drug-likeness (QED) is 0.183. The molecule has 0 bridgehead atoms. The Morgan fingerprint density at radius 3 is 1.77 bits per heavy atom. The summed E-state index contributed by atoms with van der Waals surface area (Å²) in [6, 6.07) is 66.2. The van der Waals surface area contributed by atoms with Crippen LogP contribution in [0.3, 0.4) is 0 Å². The second-order valence-electron chi connectivity index (χ2n) is 14.1. The average Bonchev–Trinajstić information content (AvgIpc) is 3.86. The molecule has 3 heterocycles. The van der Waals surface area contributed by atoms with Gasteiger partial charge in [0, 0.05) is 49.5 Å². The van der Waals surface area contributed by atoms with E-state index in [4.69, 9.17) is 4.42 Å². The van der Waals surface area contributed by atoms with Gasteiger partial charge in [-0.3, -0.25) is 0 Å². The standard InChI is InChI=1S/C50H30N2O/c1-2-12-33-26-36(23-20-31(33)10-1)51-46-24-21-35(28-41(46)42-29-43-39-16-6-8-19-49(39)53-50(43)30-48(42)51)34-22-25-47-40(27-34)38-15-5-7-17-45(38)52(47)44-18-9-13-32-11-3-4-14-37(32)44/h1-30H. The molecule has 0 saturated carbocycles. The van der Waals surface area contributed by atoms with Crippen LogP contribution in [0.5, 0.6) is 0 Å². The number of aromatic nitrogens is 2. The van der Waals surface area contributed by atoms with Crippen LogP contribution in [0, 0.1) is 0 Å². The Labute approximate surface area is 304 Å². The van der Waals surface area contributed by atoms with Gasteiger partial charge >= 0.3 is 0 Å². The SMILES string of the molecule is c1ccc2cc(-n3c4ccc(-c5ccc6c(c5)c5ccccc5n6-c5cccc6ccccc56)cc4c4cc5c(cc43)oc3ccccc35)ccc2c1. The van der Waals surface area contributed by atoms with E-state index in [2.05, 4.69) is 185 Å². The first-order valence-corrected chi connectivity index (χ1v) is 18.2. The lowest BCUT2D eigenvalue weighted by Crippen LogP contribution is -1.95. The van der Waals surface area contributed by atoms with Gasteiger partial charge < -0.3 is 13.6 Å². The molecule has 0 radical (unpaired) electrons. The lowest BCUT2D eigenvalue weighted by molar-refractivity contribution is 0.669. The van der Waals surface area contributed by atoms with Crippen molar-refractivity contribution in [2.75, 3.05) is 0 Å². The number of fused-ring (bicyclic) bond motifs is 11. The third kappa shape index (κ3) is 4.10. The predicted molar refractivity (Wildman–Crippen MR) is 223 cm³/mol. The normalized spacial score (nSPS) is 12.2. The summed E-state index contributed by atoms with van der Waals surface area (Å²) in [5.74, 6) is 0. The van der Waals surface area contributed by atoms with E-state index < -0.39 is 0 Å². The van der Waals surface area contributed by atoms with Crippen molar-refractivity contribution >= 4 is 87.1 Å². The van der Waals surface area contributed by atoms with Crippen LogP contribution in [-0.4, -0.2) is 9.13 Å². The van der Waals surface area contributed by atoms with E-state index in [0.717, 1.165) is 33.1 Å². The molecule has 3 heteroatoms. The predicted octanol–water partition coefficient (Wildman–Crippen LogP) is 13.8. The van der Waals surface area contributed by atoms with Gasteiger partial charge in [-0.05, 0) is 87.9 Å². The molecule has 0 fully saturated rings. The van der Waals surface area contributed by atoms with Crippen molar-refractivity contribution in [3.05, 3.63) is 182 Å². The largest absolute Gasteiger partial charge is 0.456 e. The molecule has 53 heavy (non-hydrogen) atoms. The van der Waals surface area contributed by atoms with Crippen molar-refractivity contribution in [2.24, 2.45) is 0 Å². The van der Waals surface area contributed by atoms with Crippen LogP contribution in [0.2, 0.25) is 0 Å². The maximum Gasteiger partial charge on any atom is 0.137 e. The topological polar surface area (TPSA) is 23.0 Å². The summed E-state index contributed by atoms with van der Waals surface area (Å²) in [6.45, 7) is 0. The van der Waals surface area contributed by atoms with E-state index in [9.17, 15) is 0 Å². The molecule has 3 nitrogen and oxygen atoms in total. The minimum absolute atomic E-state index is 0.900. The molecule has 0 unspecified atom stereocenters. The van der Waals surface area contributed by atoms with Gasteiger partial charge in [0.05, 0.1) is 27.8 Å². The van der Waals surface area contributed by atoms with Gasteiger partial charge in [0.15, 0.2) is 0 Å². The summed E-state index contributed by atoms with van der Waals surface area (Å²) in [5, 5.41) is 12.1. The molecule has 12 aromatic rings. The number of benzene rings is 9. The minimum atomic E-state index is 0.900. The molecule has 0 aliphatic rings. The monoisotopic (exact) mass is 674 g/mol. The Balaban J connectivity index is 1.11. The van der Waals surface area contributed by atoms with Crippen molar-refractivity contribution in [2.45, 2.75) is 0 Å². The maximum absolute atomic E-state index is 6.43. The Bertz CT molecular complexity index is 3460. The minimum Gasteiger partial charge on any atom is -0.456 e. The molecular weight excluding hydrogens is 645 g/mol. The van der Waals surface area contributed by atoms with E-state index in [-0.39, 0.29) is 0 Å². The molecule has 246 valence electrons. The first-order valence-electron chi connectivity index (χ1n) is 18.2. The molecule has 12 rings (SSSR count). The van der Waals surface area contributed by atoms with Crippen LogP contribution >= 0.6 is 0 Å². The first-order chi connectivity index (χ1) is 26.3. The van der Waals surface area contributed by atoms with Gasteiger partial charge in [-0.15, -0.1) is 0 Å². The molecule has 0 atom stereocenters. The van der Waals surface area contributed by atoms with Crippen molar-refractivity contribution in [3.8, 4) is 22.5 Å². The smallest absolute Gasteiger partial charge is 0.137 e.